The fourth-order valence-corrected chi connectivity index (χ4v) is 3.62. The van der Waals surface area contributed by atoms with Crippen LogP contribution < -0.4 is 10.2 Å². The quantitative estimate of drug-likeness (QED) is 0.874. The number of benzene rings is 2. The lowest BCUT2D eigenvalue weighted by atomic mass is 10.0. The summed E-state index contributed by atoms with van der Waals surface area (Å²) < 4.78 is 0. The van der Waals surface area contributed by atoms with E-state index < -0.39 is 5.41 Å². The van der Waals surface area contributed by atoms with Gasteiger partial charge in [-0.15, -0.1) is 0 Å². The number of carbonyl (C=O) groups is 2. The number of carbonyl (C=O) groups excluding carboxylic acids is 2. The van der Waals surface area contributed by atoms with Crippen LogP contribution >= 0.6 is 0 Å². The van der Waals surface area contributed by atoms with Crippen molar-refractivity contribution in [3.63, 3.8) is 0 Å². The van der Waals surface area contributed by atoms with E-state index in [-0.39, 0.29) is 11.8 Å². The highest BCUT2D eigenvalue weighted by Crippen LogP contribution is 2.49. The molecule has 1 aliphatic carbocycles. The highest BCUT2D eigenvalue weighted by Gasteiger charge is 2.58. The minimum atomic E-state index is -0.861. The first-order valence-corrected chi connectivity index (χ1v) is 8.84. The number of fused-ring (bicyclic) bond motifs is 1. The molecule has 1 fully saturated rings. The Labute approximate surface area is 147 Å². The number of nitrogens with zero attached hydrogens (tertiary/aromatic N) is 1. The van der Waals surface area contributed by atoms with E-state index in [2.05, 4.69) is 11.4 Å². The molecule has 1 N–H and O–H groups in total. The molecule has 0 atom stereocenters. The number of rotatable bonds is 4. The molecule has 4 nitrogen and oxygen atoms in total. The van der Waals surface area contributed by atoms with Gasteiger partial charge in [-0.25, -0.2) is 0 Å². The molecule has 25 heavy (non-hydrogen) atoms. The lowest BCUT2D eigenvalue weighted by Crippen LogP contribution is -2.44. The summed E-state index contributed by atoms with van der Waals surface area (Å²) in [7, 11) is 0. The molecule has 0 saturated heterocycles. The number of aryl methyl sites for hydroxylation is 1. The fraction of sp³-hybridized carbons (Fsp3) is 0.333. The fourth-order valence-electron chi connectivity index (χ4n) is 3.62. The van der Waals surface area contributed by atoms with E-state index in [4.69, 9.17) is 0 Å². The third-order valence-electron chi connectivity index (χ3n) is 5.43. The van der Waals surface area contributed by atoms with E-state index in [1.54, 1.807) is 4.90 Å². The van der Waals surface area contributed by atoms with Gasteiger partial charge in [-0.1, -0.05) is 42.5 Å². The summed E-state index contributed by atoms with van der Waals surface area (Å²) in [6.07, 6.45) is 2.15. The van der Waals surface area contributed by atoms with Gasteiger partial charge in [0.2, 0.25) is 11.8 Å². The first-order valence-electron chi connectivity index (χ1n) is 8.84. The van der Waals surface area contributed by atoms with Crippen LogP contribution in [0.25, 0.3) is 0 Å². The first-order chi connectivity index (χ1) is 12.1. The van der Waals surface area contributed by atoms with Crippen LogP contribution in [-0.4, -0.2) is 18.4 Å². The molecular formula is C21H22N2O2. The van der Waals surface area contributed by atoms with E-state index in [1.807, 2.05) is 49.4 Å². The zero-order chi connectivity index (χ0) is 17.4. The van der Waals surface area contributed by atoms with E-state index in [0.717, 1.165) is 23.2 Å². The zero-order valence-electron chi connectivity index (χ0n) is 14.4. The van der Waals surface area contributed by atoms with Crippen molar-refractivity contribution in [1.82, 2.24) is 5.32 Å². The normalized spacial score (nSPS) is 17.1. The maximum atomic E-state index is 13.1. The third kappa shape index (κ3) is 2.72. The van der Waals surface area contributed by atoms with Gasteiger partial charge in [0, 0.05) is 18.8 Å². The minimum Gasteiger partial charge on any atom is -0.351 e. The average molecular weight is 334 g/mol. The summed E-state index contributed by atoms with van der Waals surface area (Å²) in [5.41, 5.74) is 3.52. The van der Waals surface area contributed by atoms with Gasteiger partial charge >= 0.3 is 0 Å². The van der Waals surface area contributed by atoms with Crippen LogP contribution in [0.5, 0.6) is 0 Å². The van der Waals surface area contributed by atoms with Crippen LogP contribution in [-0.2, 0) is 22.6 Å². The lowest BCUT2D eigenvalue weighted by Gasteiger charge is -2.23. The lowest BCUT2D eigenvalue weighted by molar-refractivity contribution is -0.135. The Hall–Kier alpha value is -2.62. The Bertz CT molecular complexity index is 839. The molecule has 1 heterocycles. The number of para-hydroxylation sites is 1. The average Bonchev–Trinajstić information content (AvgIpc) is 3.34. The number of nitrogens with one attached hydrogen (secondary N) is 1. The molecule has 0 spiro atoms. The molecule has 4 rings (SSSR count). The monoisotopic (exact) mass is 334 g/mol. The van der Waals surface area contributed by atoms with Crippen molar-refractivity contribution in [3.05, 3.63) is 65.2 Å². The van der Waals surface area contributed by atoms with Crippen molar-refractivity contribution < 1.29 is 9.59 Å². The van der Waals surface area contributed by atoms with Gasteiger partial charge in [-0.3, -0.25) is 9.59 Å². The Kier molecular flexibility index (Phi) is 3.83. The smallest absolute Gasteiger partial charge is 0.242 e. The predicted octanol–water partition coefficient (Wildman–Crippen LogP) is 2.98. The zero-order valence-corrected chi connectivity index (χ0v) is 14.4. The third-order valence-corrected chi connectivity index (χ3v) is 5.43. The van der Waals surface area contributed by atoms with Crippen LogP contribution in [0, 0.1) is 12.3 Å². The highest BCUT2D eigenvalue weighted by atomic mass is 16.2. The largest absolute Gasteiger partial charge is 0.351 e. The molecule has 2 aromatic rings. The van der Waals surface area contributed by atoms with Gasteiger partial charge in [0.05, 0.1) is 0 Å². The second kappa shape index (κ2) is 6.03. The van der Waals surface area contributed by atoms with Crippen LogP contribution in [0.2, 0.25) is 0 Å². The van der Waals surface area contributed by atoms with Crippen molar-refractivity contribution in [1.29, 1.82) is 0 Å². The number of amides is 2. The molecular weight excluding hydrogens is 312 g/mol. The molecule has 128 valence electrons. The summed E-state index contributed by atoms with van der Waals surface area (Å²) in [5.74, 6) is -0.176. The Morgan fingerprint density at radius 3 is 2.56 bits per heavy atom. The molecule has 4 heteroatoms. The minimum absolute atomic E-state index is 0.0419. The van der Waals surface area contributed by atoms with Crippen LogP contribution in [0.15, 0.2) is 48.5 Å². The summed E-state index contributed by atoms with van der Waals surface area (Å²) in [6, 6.07) is 16.0. The topological polar surface area (TPSA) is 49.4 Å². The van der Waals surface area contributed by atoms with Crippen molar-refractivity contribution in [2.24, 2.45) is 5.41 Å². The van der Waals surface area contributed by atoms with E-state index in [0.29, 0.717) is 25.9 Å². The predicted molar refractivity (Wildman–Crippen MR) is 97.2 cm³/mol. The molecule has 2 amide bonds. The van der Waals surface area contributed by atoms with Crippen LogP contribution in [0.3, 0.4) is 0 Å². The number of hydrogen-bond acceptors (Lipinski definition) is 2. The van der Waals surface area contributed by atoms with Gasteiger partial charge < -0.3 is 10.2 Å². The Morgan fingerprint density at radius 1 is 1.08 bits per heavy atom. The van der Waals surface area contributed by atoms with Crippen LogP contribution in [0.1, 0.15) is 29.5 Å². The second-order valence-corrected chi connectivity index (χ2v) is 7.03. The number of hydrogen-bond donors (Lipinski definition) is 1. The molecule has 0 aromatic heterocycles. The van der Waals surface area contributed by atoms with Crippen molar-refractivity contribution >= 4 is 17.5 Å². The summed E-state index contributed by atoms with van der Waals surface area (Å²) in [5, 5.41) is 2.98. The highest BCUT2D eigenvalue weighted by molar-refractivity contribution is 6.14. The molecule has 0 radical (unpaired) electrons. The summed E-state index contributed by atoms with van der Waals surface area (Å²) >= 11 is 0. The van der Waals surface area contributed by atoms with E-state index in [1.165, 1.54) is 5.56 Å². The molecule has 2 aliphatic rings. The SMILES string of the molecule is Cc1ccccc1CNC(=O)C1(C(=O)N2CCc3ccccc32)CC1. The standard InChI is InChI=1S/C21H22N2O2/c1-15-6-2-3-8-17(15)14-22-19(24)21(11-12-21)20(25)23-13-10-16-7-4-5-9-18(16)23/h2-9H,10-14H2,1H3,(H,22,24). The van der Waals surface area contributed by atoms with Crippen molar-refractivity contribution in [2.75, 3.05) is 11.4 Å². The van der Waals surface area contributed by atoms with Crippen molar-refractivity contribution in [2.45, 2.75) is 32.7 Å². The Morgan fingerprint density at radius 2 is 1.80 bits per heavy atom. The number of anilines is 1. The van der Waals surface area contributed by atoms with Crippen molar-refractivity contribution in [3.8, 4) is 0 Å². The van der Waals surface area contributed by atoms with Gasteiger partial charge in [0.15, 0.2) is 0 Å². The summed E-state index contributed by atoms with van der Waals surface area (Å²) in [4.78, 5) is 27.6. The van der Waals surface area contributed by atoms with E-state index >= 15 is 0 Å². The molecule has 1 saturated carbocycles. The van der Waals surface area contributed by atoms with Gasteiger partial charge in [-0.05, 0) is 48.9 Å². The molecule has 1 aliphatic heterocycles. The summed E-state index contributed by atoms with van der Waals surface area (Å²) in [6.45, 7) is 3.17. The first kappa shape index (κ1) is 15.9. The second-order valence-electron chi connectivity index (χ2n) is 7.03. The van der Waals surface area contributed by atoms with Crippen LogP contribution in [0.4, 0.5) is 5.69 Å². The van der Waals surface area contributed by atoms with Gasteiger partial charge in [-0.2, -0.15) is 0 Å². The maximum Gasteiger partial charge on any atom is 0.242 e. The maximum absolute atomic E-state index is 13.1. The molecule has 0 unspecified atom stereocenters. The molecule has 0 bridgehead atoms. The van der Waals surface area contributed by atoms with Gasteiger partial charge in [0.25, 0.3) is 0 Å². The Balaban J connectivity index is 1.48. The van der Waals surface area contributed by atoms with Gasteiger partial charge in [0.1, 0.15) is 5.41 Å². The molecule has 2 aromatic carbocycles. The van der Waals surface area contributed by atoms with E-state index in [9.17, 15) is 9.59 Å².